The van der Waals surface area contributed by atoms with Crippen LogP contribution < -0.4 is 5.32 Å². The number of amides is 2. The van der Waals surface area contributed by atoms with E-state index >= 15 is 0 Å². The van der Waals surface area contributed by atoms with E-state index in [-0.39, 0.29) is 11.8 Å². The van der Waals surface area contributed by atoms with Gasteiger partial charge in [0.2, 0.25) is 0 Å². The van der Waals surface area contributed by atoms with Crippen molar-refractivity contribution in [1.82, 2.24) is 20.0 Å². The largest absolute Gasteiger partial charge is 0.383 e. The van der Waals surface area contributed by atoms with Crippen LogP contribution in [0.2, 0.25) is 0 Å². The Kier molecular flexibility index (Phi) is 8.94. The molecule has 2 amide bonds. The van der Waals surface area contributed by atoms with Gasteiger partial charge in [0.25, 0.3) is 11.8 Å². The minimum Gasteiger partial charge on any atom is -0.383 e. The lowest BCUT2D eigenvalue weighted by Crippen LogP contribution is -2.40. The summed E-state index contributed by atoms with van der Waals surface area (Å²) in [4.78, 5) is 32.1. The van der Waals surface area contributed by atoms with E-state index in [2.05, 4.69) is 35.6 Å². The molecule has 0 bridgehead atoms. The minimum atomic E-state index is -0.0915. The Balaban J connectivity index is 1.12. The molecule has 8 nitrogen and oxygen atoms in total. The summed E-state index contributed by atoms with van der Waals surface area (Å²) in [6, 6.07) is 3.77. The number of piperidine rings is 1. The van der Waals surface area contributed by atoms with Crippen LogP contribution in [0.15, 0.2) is 58.9 Å². The summed E-state index contributed by atoms with van der Waals surface area (Å²) in [5, 5.41) is 8.68. The Labute approximate surface area is 236 Å². The second-order valence-corrected chi connectivity index (χ2v) is 11.4. The molecule has 5 rings (SSSR count). The van der Waals surface area contributed by atoms with Gasteiger partial charge in [0, 0.05) is 68.4 Å². The summed E-state index contributed by atoms with van der Waals surface area (Å²) in [5.74, 6) is 1.57. The van der Waals surface area contributed by atoms with Gasteiger partial charge in [-0.1, -0.05) is 23.8 Å². The molecule has 2 unspecified atom stereocenters. The number of fused-ring (bicyclic) bond motifs is 1. The first kappa shape index (κ1) is 28.0. The van der Waals surface area contributed by atoms with Gasteiger partial charge in [-0.15, -0.1) is 0 Å². The van der Waals surface area contributed by atoms with Crippen LogP contribution in [0.5, 0.6) is 0 Å². The van der Waals surface area contributed by atoms with E-state index < -0.39 is 0 Å². The Morgan fingerprint density at radius 3 is 2.70 bits per heavy atom. The van der Waals surface area contributed by atoms with Crippen molar-refractivity contribution in [3.8, 4) is 0 Å². The highest BCUT2D eigenvalue weighted by molar-refractivity contribution is 6.00. The number of carbonyl (C=O) groups is 2. The Bertz CT molecular complexity index is 1360. The van der Waals surface area contributed by atoms with Crippen molar-refractivity contribution < 1.29 is 14.3 Å². The molecule has 3 heterocycles. The van der Waals surface area contributed by atoms with Crippen molar-refractivity contribution in [3.63, 3.8) is 0 Å². The highest BCUT2D eigenvalue weighted by atomic mass is 16.5. The van der Waals surface area contributed by atoms with Crippen molar-refractivity contribution in [2.75, 3.05) is 33.4 Å². The third-order valence-corrected chi connectivity index (χ3v) is 8.63. The molecule has 2 aliphatic heterocycles. The van der Waals surface area contributed by atoms with Crippen LogP contribution in [-0.2, 0) is 16.1 Å². The van der Waals surface area contributed by atoms with E-state index in [1.807, 2.05) is 47.1 Å². The molecule has 3 aliphatic rings. The highest BCUT2D eigenvalue weighted by Crippen LogP contribution is 2.31. The predicted octanol–water partition coefficient (Wildman–Crippen LogP) is 4.85. The first-order chi connectivity index (χ1) is 19.4. The van der Waals surface area contributed by atoms with Gasteiger partial charge in [0.1, 0.15) is 0 Å². The molecule has 1 aliphatic carbocycles. The zero-order chi connectivity index (χ0) is 28.1. The number of nitrogens with one attached hydrogen (secondary N) is 1. The quantitative estimate of drug-likeness (QED) is 0.458. The first-order valence-electron chi connectivity index (χ1n) is 14.5. The summed E-state index contributed by atoms with van der Waals surface area (Å²) in [6.45, 7) is 7.47. The molecule has 8 heteroatoms. The third kappa shape index (κ3) is 6.44. The standard InChI is InChI=1S/C32H41N5O3/c1-22-19-33-13-10-27(22)18-24-4-6-26(7-5-24)32(39)36-15-11-25(12-16-36)20-37-21-29-23(2)28(8-9-30(29)35-37)31(38)34-14-17-40-3/h4,6-9,13,19,21,24-25,27H,5,10-12,14-18,20H2,1-3H3,(H,34,38). The molecule has 1 saturated heterocycles. The van der Waals surface area contributed by atoms with Crippen molar-refractivity contribution in [1.29, 1.82) is 0 Å². The van der Waals surface area contributed by atoms with E-state index in [4.69, 9.17) is 9.84 Å². The van der Waals surface area contributed by atoms with Crippen molar-refractivity contribution in [2.24, 2.45) is 22.7 Å². The number of hydrogen-bond donors (Lipinski definition) is 1. The average molecular weight is 544 g/mol. The van der Waals surface area contributed by atoms with Gasteiger partial charge in [-0.25, -0.2) is 0 Å². The summed E-state index contributed by atoms with van der Waals surface area (Å²) in [6.07, 6.45) is 17.4. The van der Waals surface area contributed by atoms with E-state index in [0.717, 1.165) is 73.8 Å². The zero-order valence-corrected chi connectivity index (χ0v) is 23.9. The molecular formula is C32H41N5O3. The van der Waals surface area contributed by atoms with Crippen LogP contribution in [0.25, 0.3) is 10.9 Å². The number of aliphatic imine (C=N–C) groups is 1. The maximum Gasteiger partial charge on any atom is 0.253 e. The van der Waals surface area contributed by atoms with Gasteiger partial charge in [-0.05, 0) is 81.4 Å². The minimum absolute atomic E-state index is 0.0915. The van der Waals surface area contributed by atoms with Crippen LogP contribution in [-0.4, -0.2) is 66.1 Å². The van der Waals surface area contributed by atoms with Crippen LogP contribution in [0.1, 0.15) is 54.9 Å². The van der Waals surface area contributed by atoms with Gasteiger partial charge in [0.05, 0.1) is 12.1 Å². The second-order valence-electron chi connectivity index (χ2n) is 11.4. The number of nitrogens with zero attached hydrogens (tertiary/aromatic N) is 4. The molecule has 0 radical (unpaired) electrons. The monoisotopic (exact) mass is 543 g/mol. The number of aryl methyl sites for hydroxylation is 1. The lowest BCUT2D eigenvalue weighted by atomic mass is 9.83. The molecule has 0 saturated carbocycles. The summed E-state index contributed by atoms with van der Waals surface area (Å²) in [5.41, 5.74) is 4.70. The Hall–Kier alpha value is -3.52. The number of allylic oxidation sites excluding steroid dienone is 3. The van der Waals surface area contributed by atoms with Crippen LogP contribution in [0.3, 0.4) is 0 Å². The zero-order valence-electron chi connectivity index (χ0n) is 23.9. The van der Waals surface area contributed by atoms with Crippen LogP contribution >= 0.6 is 0 Å². The third-order valence-electron chi connectivity index (χ3n) is 8.63. The normalized spacial score (nSPS) is 21.4. The number of hydrogen-bond acceptors (Lipinski definition) is 5. The second kappa shape index (κ2) is 12.8. The first-order valence-corrected chi connectivity index (χ1v) is 14.5. The number of rotatable bonds is 9. The van der Waals surface area contributed by atoms with E-state index in [9.17, 15) is 9.59 Å². The molecule has 1 aromatic heterocycles. The topological polar surface area (TPSA) is 88.8 Å². The molecule has 1 N–H and O–H groups in total. The smallest absolute Gasteiger partial charge is 0.253 e. The van der Waals surface area contributed by atoms with Crippen molar-refractivity contribution >= 4 is 28.9 Å². The van der Waals surface area contributed by atoms with Crippen LogP contribution in [0, 0.1) is 24.7 Å². The molecule has 212 valence electrons. The van der Waals surface area contributed by atoms with Crippen molar-refractivity contribution in [3.05, 3.63) is 65.0 Å². The lowest BCUT2D eigenvalue weighted by molar-refractivity contribution is -0.128. The van der Waals surface area contributed by atoms with E-state index in [0.29, 0.717) is 36.5 Å². The fourth-order valence-corrected chi connectivity index (χ4v) is 6.04. The van der Waals surface area contributed by atoms with Crippen molar-refractivity contribution in [2.45, 2.75) is 52.5 Å². The molecule has 2 aromatic rings. The number of aromatic nitrogens is 2. The number of carbonyl (C=O) groups excluding carboxylic acids is 2. The SMILES string of the molecule is COCCNC(=O)c1ccc2nn(CC3CCN(C(=O)C4=CCC(CC5CC=NC=C5C)C=C4)CC3)cc2c1C. The van der Waals surface area contributed by atoms with Gasteiger partial charge in [-0.3, -0.25) is 19.3 Å². The van der Waals surface area contributed by atoms with E-state index in [1.54, 1.807) is 7.11 Å². The van der Waals surface area contributed by atoms with E-state index in [1.165, 1.54) is 5.57 Å². The van der Waals surface area contributed by atoms with Gasteiger partial charge in [-0.2, -0.15) is 5.10 Å². The molecular weight excluding hydrogens is 502 g/mol. The van der Waals surface area contributed by atoms with Gasteiger partial charge < -0.3 is 15.0 Å². The number of ether oxygens (including phenoxy) is 1. The summed E-state index contributed by atoms with van der Waals surface area (Å²) >= 11 is 0. The number of benzene rings is 1. The molecule has 40 heavy (non-hydrogen) atoms. The predicted molar refractivity (Wildman–Crippen MR) is 158 cm³/mol. The van der Waals surface area contributed by atoms with Gasteiger partial charge in [0.15, 0.2) is 0 Å². The Morgan fingerprint density at radius 2 is 1.98 bits per heavy atom. The fraction of sp³-hybridized carbons (Fsp3) is 0.500. The lowest BCUT2D eigenvalue weighted by Gasteiger charge is -2.33. The highest BCUT2D eigenvalue weighted by Gasteiger charge is 2.26. The average Bonchev–Trinajstić information content (AvgIpc) is 3.38. The maximum absolute atomic E-state index is 13.2. The van der Waals surface area contributed by atoms with Crippen LogP contribution in [0.4, 0.5) is 0 Å². The number of likely N-dealkylation sites (tertiary alicyclic amines) is 1. The Morgan fingerprint density at radius 1 is 1.15 bits per heavy atom. The molecule has 0 spiro atoms. The summed E-state index contributed by atoms with van der Waals surface area (Å²) in [7, 11) is 1.62. The fourth-order valence-electron chi connectivity index (χ4n) is 6.04. The summed E-state index contributed by atoms with van der Waals surface area (Å²) < 4.78 is 7.03. The number of methoxy groups -OCH3 is 1. The molecule has 2 atom stereocenters. The molecule has 1 fully saturated rings. The molecule has 1 aromatic carbocycles. The van der Waals surface area contributed by atoms with Gasteiger partial charge >= 0.3 is 0 Å². The maximum atomic E-state index is 13.2.